The van der Waals surface area contributed by atoms with E-state index in [1.807, 2.05) is 41.0 Å². The van der Waals surface area contributed by atoms with Crippen LogP contribution in [0, 0.1) is 18.8 Å². The summed E-state index contributed by atoms with van der Waals surface area (Å²) in [6.07, 6.45) is 2.11. The molecule has 2 unspecified atom stereocenters. The summed E-state index contributed by atoms with van der Waals surface area (Å²) < 4.78 is 0. The van der Waals surface area contributed by atoms with Gasteiger partial charge in [-0.05, 0) is 54.9 Å². The Morgan fingerprint density at radius 1 is 0.886 bits per heavy atom. The molecule has 0 saturated carbocycles. The number of urea groups is 1. The minimum atomic E-state index is -0.0600. The maximum atomic E-state index is 12.9. The van der Waals surface area contributed by atoms with Crippen LogP contribution in [0.4, 0.5) is 4.79 Å². The monoisotopic (exact) mass is 476 g/mol. The van der Waals surface area contributed by atoms with Crippen LogP contribution in [0.15, 0.2) is 48.5 Å². The molecule has 0 radical (unpaired) electrons. The van der Waals surface area contributed by atoms with Gasteiger partial charge >= 0.3 is 6.03 Å². The molecule has 2 aromatic carbocycles. The third kappa shape index (κ3) is 7.07. The second-order valence-corrected chi connectivity index (χ2v) is 10.6. The fourth-order valence-electron chi connectivity index (χ4n) is 5.52. The number of nitrogens with zero attached hydrogens (tertiary/aromatic N) is 3. The van der Waals surface area contributed by atoms with Crippen LogP contribution in [0.3, 0.4) is 0 Å². The zero-order chi connectivity index (χ0) is 24.8. The standard InChI is InChI=1S/C29H40N4O2/c1-22-6-4-7-27(17-22)28(34)32-12-5-13-33(15-14-32)29(35)30-18-25-8-10-26(11-9-25)21-31-19-23(2)16-24(3)20-31/h4,6-11,17,23-24H,5,12-16,18-21H2,1-3H3,(H,30,35). The van der Waals surface area contributed by atoms with Gasteiger partial charge in [-0.2, -0.15) is 0 Å². The van der Waals surface area contributed by atoms with Crippen molar-refractivity contribution < 1.29 is 9.59 Å². The molecule has 35 heavy (non-hydrogen) atoms. The van der Waals surface area contributed by atoms with Crippen LogP contribution in [-0.2, 0) is 13.1 Å². The molecule has 2 atom stereocenters. The van der Waals surface area contributed by atoms with Crippen molar-refractivity contribution in [3.8, 4) is 0 Å². The van der Waals surface area contributed by atoms with E-state index in [0.717, 1.165) is 41.5 Å². The van der Waals surface area contributed by atoms with Gasteiger partial charge in [-0.3, -0.25) is 9.69 Å². The molecule has 2 fully saturated rings. The Morgan fingerprint density at radius 2 is 1.54 bits per heavy atom. The molecule has 4 rings (SSSR count). The van der Waals surface area contributed by atoms with Crippen LogP contribution in [0.25, 0.3) is 0 Å². The van der Waals surface area contributed by atoms with Gasteiger partial charge in [0.2, 0.25) is 0 Å². The van der Waals surface area contributed by atoms with Gasteiger partial charge in [0.1, 0.15) is 0 Å². The summed E-state index contributed by atoms with van der Waals surface area (Å²) in [6.45, 7) is 13.0. The molecule has 3 amide bonds. The van der Waals surface area contributed by atoms with E-state index >= 15 is 0 Å². The minimum absolute atomic E-state index is 0.0458. The number of rotatable bonds is 5. The van der Waals surface area contributed by atoms with E-state index < -0.39 is 0 Å². The van der Waals surface area contributed by atoms with Crippen molar-refractivity contribution in [2.45, 2.75) is 46.7 Å². The number of likely N-dealkylation sites (tertiary alicyclic amines) is 1. The average Bonchev–Trinajstić information content (AvgIpc) is 3.09. The first-order valence-corrected chi connectivity index (χ1v) is 13.1. The molecule has 0 spiro atoms. The number of amides is 3. The van der Waals surface area contributed by atoms with E-state index in [9.17, 15) is 9.59 Å². The molecule has 0 aliphatic carbocycles. The Bertz CT molecular complexity index is 996. The van der Waals surface area contributed by atoms with Crippen LogP contribution < -0.4 is 5.32 Å². The zero-order valence-corrected chi connectivity index (χ0v) is 21.5. The van der Waals surface area contributed by atoms with Gasteiger partial charge in [0.05, 0.1) is 0 Å². The van der Waals surface area contributed by atoms with Crippen LogP contribution in [0.5, 0.6) is 0 Å². The molecular formula is C29H40N4O2. The third-order valence-corrected chi connectivity index (χ3v) is 7.15. The van der Waals surface area contributed by atoms with Crippen molar-refractivity contribution in [2.24, 2.45) is 11.8 Å². The molecule has 2 aromatic rings. The van der Waals surface area contributed by atoms with E-state index in [1.54, 1.807) is 0 Å². The summed E-state index contributed by atoms with van der Waals surface area (Å²) in [5.41, 5.74) is 4.23. The molecule has 2 saturated heterocycles. The molecule has 2 heterocycles. The highest BCUT2D eigenvalue weighted by Crippen LogP contribution is 2.22. The predicted molar refractivity (Wildman–Crippen MR) is 140 cm³/mol. The molecule has 6 nitrogen and oxygen atoms in total. The molecule has 6 heteroatoms. The van der Waals surface area contributed by atoms with Gasteiger partial charge in [0.15, 0.2) is 0 Å². The lowest BCUT2D eigenvalue weighted by atomic mass is 9.91. The van der Waals surface area contributed by atoms with E-state index in [2.05, 4.69) is 48.3 Å². The topological polar surface area (TPSA) is 55.9 Å². The lowest BCUT2D eigenvalue weighted by Crippen LogP contribution is -2.42. The van der Waals surface area contributed by atoms with E-state index in [4.69, 9.17) is 0 Å². The summed E-state index contributed by atoms with van der Waals surface area (Å²) >= 11 is 0. The Balaban J connectivity index is 1.23. The molecule has 2 aliphatic rings. The van der Waals surface area contributed by atoms with Crippen LogP contribution in [0.2, 0.25) is 0 Å². The van der Waals surface area contributed by atoms with Crippen molar-refractivity contribution >= 4 is 11.9 Å². The number of nitrogens with one attached hydrogen (secondary N) is 1. The number of carbonyl (C=O) groups excluding carboxylic acids is 2. The number of benzene rings is 2. The Hall–Kier alpha value is -2.86. The third-order valence-electron chi connectivity index (χ3n) is 7.15. The number of carbonyl (C=O) groups is 2. The van der Waals surface area contributed by atoms with Crippen molar-refractivity contribution in [2.75, 3.05) is 39.3 Å². The summed E-state index contributed by atoms with van der Waals surface area (Å²) in [4.78, 5) is 31.9. The summed E-state index contributed by atoms with van der Waals surface area (Å²) in [5, 5.41) is 3.07. The van der Waals surface area contributed by atoms with Gasteiger partial charge in [-0.25, -0.2) is 4.79 Å². The van der Waals surface area contributed by atoms with Gasteiger partial charge < -0.3 is 15.1 Å². The molecule has 0 aromatic heterocycles. The van der Waals surface area contributed by atoms with Gasteiger partial charge in [-0.15, -0.1) is 0 Å². The Kier molecular flexibility index (Phi) is 8.45. The van der Waals surface area contributed by atoms with Gasteiger partial charge in [-0.1, -0.05) is 55.8 Å². The summed E-state index contributed by atoms with van der Waals surface area (Å²) in [6, 6.07) is 16.3. The maximum Gasteiger partial charge on any atom is 0.317 e. The predicted octanol–water partition coefficient (Wildman–Crippen LogP) is 4.53. The number of hydrogen-bond donors (Lipinski definition) is 1. The van der Waals surface area contributed by atoms with Crippen LogP contribution >= 0.6 is 0 Å². The fraction of sp³-hybridized carbons (Fsp3) is 0.517. The van der Waals surface area contributed by atoms with Crippen molar-refractivity contribution in [3.05, 3.63) is 70.8 Å². The van der Waals surface area contributed by atoms with E-state index in [1.165, 1.54) is 25.1 Å². The van der Waals surface area contributed by atoms with Gasteiger partial charge in [0.25, 0.3) is 5.91 Å². The Morgan fingerprint density at radius 3 is 2.26 bits per heavy atom. The quantitative estimate of drug-likeness (QED) is 0.690. The van der Waals surface area contributed by atoms with E-state index in [-0.39, 0.29) is 11.9 Å². The first-order valence-electron chi connectivity index (χ1n) is 13.1. The van der Waals surface area contributed by atoms with E-state index in [0.29, 0.717) is 32.7 Å². The normalized spacial score (nSPS) is 21.5. The smallest absolute Gasteiger partial charge is 0.317 e. The number of aryl methyl sites for hydroxylation is 1. The molecule has 2 aliphatic heterocycles. The maximum absolute atomic E-state index is 12.9. The van der Waals surface area contributed by atoms with Crippen LogP contribution in [-0.4, -0.2) is 65.9 Å². The SMILES string of the molecule is Cc1cccc(C(=O)N2CCCN(C(=O)NCc3ccc(CN4CC(C)CC(C)C4)cc3)CC2)c1. The molecule has 1 N–H and O–H groups in total. The second kappa shape index (κ2) is 11.7. The lowest BCUT2D eigenvalue weighted by Gasteiger charge is -2.35. The largest absolute Gasteiger partial charge is 0.337 e. The minimum Gasteiger partial charge on any atom is -0.337 e. The summed E-state index contributed by atoms with van der Waals surface area (Å²) in [5.74, 6) is 1.57. The second-order valence-electron chi connectivity index (χ2n) is 10.6. The zero-order valence-electron chi connectivity index (χ0n) is 21.5. The fourth-order valence-corrected chi connectivity index (χ4v) is 5.52. The highest BCUT2D eigenvalue weighted by atomic mass is 16.2. The van der Waals surface area contributed by atoms with Gasteiger partial charge in [0, 0.05) is 57.9 Å². The first-order chi connectivity index (χ1) is 16.9. The average molecular weight is 477 g/mol. The molecule has 0 bridgehead atoms. The number of hydrogen-bond acceptors (Lipinski definition) is 3. The first kappa shape index (κ1) is 25.2. The number of piperidine rings is 1. The summed E-state index contributed by atoms with van der Waals surface area (Å²) in [7, 11) is 0. The Labute approximate surface area is 210 Å². The molecular weight excluding hydrogens is 436 g/mol. The highest BCUT2D eigenvalue weighted by Gasteiger charge is 2.23. The van der Waals surface area contributed by atoms with Crippen molar-refractivity contribution in [1.29, 1.82) is 0 Å². The van der Waals surface area contributed by atoms with Crippen LogP contribution in [0.1, 0.15) is 53.7 Å². The van der Waals surface area contributed by atoms with Crippen molar-refractivity contribution in [1.82, 2.24) is 20.0 Å². The lowest BCUT2D eigenvalue weighted by molar-refractivity contribution is 0.0762. The molecule has 188 valence electrons. The van der Waals surface area contributed by atoms with Crippen molar-refractivity contribution in [3.63, 3.8) is 0 Å². The highest BCUT2D eigenvalue weighted by molar-refractivity contribution is 5.94.